The molecular weight excluding hydrogens is 294 g/mol. The first-order chi connectivity index (χ1) is 11.0. The molecule has 0 bridgehead atoms. The van der Waals surface area contributed by atoms with Crippen LogP contribution in [0, 0.1) is 0 Å². The predicted octanol–water partition coefficient (Wildman–Crippen LogP) is 3.21. The van der Waals surface area contributed by atoms with Gasteiger partial charge in [-0.3, -0.25) is 4.79 Å². The van der Waals surface area contributed by atoms with E-state index in [0.29, 0.717) is 5.69 Å². The summed E-state index contributed by atoms with van der Waals surface area (Å²) in [5.74, 6) is -0.854. The minimum atomic E-state index is -0.537. The molecule has 5 heteroatoms. The third-order valence-corrected chi connectivity index (χ3v) is 3.68. The largest absolute Gasteiger partial charge is 0.469 e. The van der Waals surface area contributed by atoms with E-state index in [4.69, 9.17) is 4.74 Å². The zero-order valence-electron chi connectivity index (χ0n) is 13.6. The van der Waals surface area contributed by atoms with E-state index in [2.05, 4.69) is 4.74 Å². The summed E-state index contributed by atoms with van der Waals surface area (Å²) in [5, 5.41) is 0. The molecule has 0 amide bonds. The molecule has 0 saturated heterocycles. The van der Waals surface area contributed by atoms with Gasteiger partial charge in [0.05, 0.1) is 19.6 Å². The summed E-state index contributed by atoms with van der Waals surface area (Å²) in [6.07, 6.45) is 1.35. The molecule has 2 atom stereocenters. The lowest BCUT2D eigenvalue weighted by Crippen LogP contribution is -2.22. The van der Waals surface area contributed by atoms with Crippen molar-refractivity contribution < 1.29 is 19.1 Å². The van der Waals surface area contributed by atoms with E-state index in [1.54, 1.807) is 19.1 Å². The second-order valence-electron chi connectivity index (χ2n) is 5.38. The van der Waals surface area contributed by atoms with E-state index in [9.17, 15) is 9.59 Å². The second kappa shape index (κ2) is 7.63. The standard InChI is InChI=1S/C18H21NO4/c1-13(12-17(20)22-3)23-18(21)16-10-7-11-19(16)14(2)15-8-5-4-6-9-15/h4-11,13-14H,12H2,1-3H3. The molecule has 0 saturated carbocycles. The van der Waals surface area contributed by atoms with Crippen LogP contribution < -0.4 is 0 Å². The summed E-state index contributed by atoms with van der Waals surface area (Å²) >= 11 is 0. The van der Waals surface area contributed by atoms with Gasteiger partial charge < -0.3 is 14.0 Å². The molecule has 122 valence electrons. The maximum absolute atomic E-state index is 12.3. The van der Waals surface area contributed by atoms with Crippen molar-refractivity contribution in [3.8, 4) is 0 Å². The lowest BCUT2D eigenvalue weighted by molar-refractivity contribution is -0.142. The van der Waals surface area contributed by atoms with E-state index >= 15 is 0 Å². The third kappa shape index (κ3) is 4.22. The zero-order chi connectivity index (χ0) is 16.8. The third-order valence-electron chi connectivity index (χ3n) is 3.68. The quantitative estimate of drug-likeness (QED) is 0.768. The summed E-state index contributed by atoms with van der Waals surface area (Å²) in [6, 6.07) is 13.4. The Morgan fingerprint density at radius 1 is 1.09 bits per heavy atom. The summed E-state index contributed by atoms with van der Waals surface area (Å²) in [5.41, 5.74) is 1.55. The number of ether oxygens (including phenoxy) is 2. The highest BCUT2D eigenvalue weighted by Gasteiger charge is 2.20. The molecule has 5 nitrogen and oxygen atoms in total. The van der Waals surface area contributed by atoms with Gasteiger partial charge in [0.2, 0.25) is 0 Å². The van der Waals surface area contributed by atoms with Crippen LogP contribution in [0.4, 0.5) is 0 Å². The highest BCUT2D eigenvalue weighted by atomic mass is 16.6. The van der Waals surface area contributed by atoms with E-state index in [-0.39, 0.29) is 12.5 Å². The molecule has 0 N–H and O–H groups in total. The van der Waals surface area contributed by atoms with Gasteiger partial charge in [0.1, 0.15) is 11.8 Å². The van der Waals surface area contributed by atoms with E-state index < -0.39 is 18.0 Å². The maximum Gasteiger partial charge on any atom is 0.355 e. The summed E-state index contributed by atoms with van der Waals surface area (Å²) in [6.45, 7) is 3.69. The van der Waals surface area contributed by atoms with Crippen LogP contribution in [-0.4, -0.2) is 29.7 Å². The van der Waals surface area contributed by atoms with Gasteiger partial charge in [0.15, 0.2) is 0 Å². The van der Waals surface area contributed by atoms with Crippen LogP contribution >= 0.6 is 0 Å². The Labute approximate surface area is 135 Å². The first-order valence-electron chi connectivity index (χ1n) is 7.52. The van der Waals surface area contributed by atoms with E-state index in [0.717, 1.165) is 5.56 Å². The second-order valence-corrected chi connectivity index (χ2v) is 5.38. The molecule has 0 radical (unpaired) electrons. The fourth-order valence-electron chi connectivity index (χ4n) is 2.40. The van der Waals surface area contributed by atoms with Crippen molar-refractivity contribution in [2.24, 2.45) is 0 Å². The Kier molecular flexibility index (Phi) is 5.57. The molecule has 1 aromatic heterocycles. The fourth-order valence-corrected chi connectivity index (χ4v) is 2.40. The lowest BCUT2D eigenvalue weighted by Gasteiger charge is -2.18. The van der Waals surface area contributed by atoms with Crippen molar-refractivity contribution in [3.05, 3.63) is 59.9 Å². The number of esters is 2. The number of carbonyl (C=O) groups excluding carboxylic acids is 2. The van der Waals surface area contributed by atoms with Gasteiger partial charge in [-0.05, 0) is 31.5 Å². The van der Waals surface area contributed by atoms with Gasteiger partial charge in [0, 0.05) is 6.20 Å². The zero-order valence-corrected chi connectivity index (χ0v) is 13.6. The number of methoxy groups -OCH3 is 1. The van der Waals surface area contributed by atoms with Crippen LogP contribution in [0.1, 0.15) is 42.4 Å². The number of rotatable bonds is 6. The lowest BCUT2D eigenvalue weighted by atomic mass is 10.1. The van der Waals surface area contributed by atoms with Crippen molar-refractivity contribution >= 4 is 11.9 Å². The molecule has 0 fully saturated rings. The molecule has 0 aliphatic rings. The molecule has 0 aliphatic carbocycles. The van der Waals surface area contributed by atoms with Gasteiger partial charge in [-0.15, -0.1) is 0 Å². The average molecular weight is 315 g/mol. The number of benzene rings is 1. The monoisotopic (exact) mass is 315 g/mol. The van der Waals surface area contributed by atoms with E-state index in [1.165, 1.54) is 7.11 Å². The minimum absolute atomic E-state index is 0.00432. The smallest absolute Gasteiger partial charge is 0.355 e. The van der Waals surface area contributed by atoms with Crippen LogP contribution in [0.25, 0.3) is 0 Å². The first-order valence-corrected chi connectivity index (χ1v) is 7.52. The SMILES string of the molecule is COC(=O)CC(C)OC(=O)c1cccn1C(C)c1ccccc1. The molecule has 2 rings (SSSR count). The Balaban J connectivity index is 2.11. The number of nitrogens with zero attached hydrogens (tertiary/aromatic N) is 1. The van der Waals surface area contributed by atoms with Crippen LogP contribution in [0.3, 0.4) is 0 Å². The van der Waals surface area contributed by atoms with Gasteiger partial charge in [0.25, 0.3) is 0 Å². The van der Waals surface area contributed by atoms with Crippen molar-refractivity contribution in [1.29, 1.82) is 0 Å². The van der Waals surface area contributed by atoms with Crippen molar-refractivity contribution in [3.63, 3.8) is 0 Å². The molecular formula is C18H21NO4. The number of hydrogen-bond donors (Lipinski definition) is 0. The van der Waals surface area contributed by atoms with E-state index in [1.807, 2.05) is 48.0 Å². The summed E-state index contributed by atoms with van der Waals surface area (Å²) in [4.78, 5) is 23.6. The molecule has 2 aromatic rings. The summed E-state index contributed by atoms with van der Waals surface area (Å²) in [7, 11) is 1.31. The van der Waals surface area contributed by atoms with Gasteiger partial charge in [-0.1, -0.05) is 30.3 Å². The number of hydrogen-bond acceptors (Lipinski definition) is 4. The minimum Gasteiger partial charge on any atom is -0.469 e. The maximum atomic E-state index is 12.3. The molecule has 23 heavy (non-hydrogen) atoms. The van der Waals surface area contributed by atoms with Crippen LogP contribution in [0.5, 0.6) is 0 Å². The molecule has 0 aliphatic heterocycles. The normalized spacial score (nSPS) is 13.2. The fraction of sp³-hybridized carbons (Fsp3) is 0.333. The highest BCUT2D eigenvalue weighted by molar-refractivity contribution is 5.88. The Morgan fingerprint density at radius 2 is 1.78 bits per heavy atom. The highest BCUT2D eigenvalue weighted by Crippen LogP contribution is 2.21. The van der Waals surface area contributed by atoms with Crippen molar-refractivity contribution in [2.75, 3.05) is 7.11 Å². The van der Waals surface area contributed by atoms with Gasteiger partial charge >= 0.3 is 11.9 Å². The van der Waals surface area contributed by atoms with Crippen molar-refractivity contribution in [2.45, 2.75) is 32.4 Å². The average Bonchev–Trinajstić information content (AvgIpc) is 3.04. The van der Waals surface area contributed by atoms with Crippen LogP contribution in [0.15, 0.2) is 48.7 Å². The predicted molar refractivity (Wildman–Crippen MR) is 86.2 cm³/mol. The van der Waals surface area contributed by atoms with Gasteiger partial charge in [-0.2, -0.15) is 0 Å². The molecule has 1 heterocycles. The molecule has 1 aromatic carbocycles. The number of aromatic nitrogens is 1. The van der Waals surface area contributed by atoms with Crippen LogP contribution in [-0.2, 0) is 14.3 Å². The molecule has 0 spiro atoms. The molecule has 2 unspecified atom stereocenters. The van der Waals surface area contributed by atoms with Gasteiger partial charge in [-0.25, -0.2) is 4.79 Å². The topological polar surface area (TPSA) is 57.5 Å². The Morgan fingerprint density at radius 3 is 2.43 bits per heavy atom. The first kappa shape index (κ1) is 16.8. The number of carbonyl (C=O) groups is 2. The van der Waals surface area contributed by atoms with Crippen LogP contribution in [0.2, 0.25) is 0 Å². The summed E-state index contributed by atoms with van der Waals surface area (Å²) < 4.78 is 11.8. The Hall–Kier alpha value is -2.56. The Bertz CT molecular complexity index is 663. The van der Waals surface area contributed by atoms with Crippen molar-refractivity contribution in [1.82, 2.24) is 4.57 Å².